The zero-order valence-corrected chi connectivity index (χ0v) is 13.7. The minimum atomic E-state index is 0.0295. The fourth-order valence-electron chi connectivity index (χ4n) is 2.93. The highest BCUT2D eigenvalue weighted by Crippen LogP contribution is 2.31. The van der Waals surface area contributed by atoms with Crippen molar-refractivity contribution in [1.29, 1.82) is 0 Å². The molecule has 0 fully saturated rings. The summed E-state index contributed by atoms with van der Waals surface area (Å²) in [5, 5.41) is 3.00. The van der Waals surface area contributed by atoms with Gasteiger partial charge in [-0.2, -0.15) is 0 Å². The Balaban J connectivity index is 1.69. The van der Waals surface area contributed by atoms with Gasteiger partial charge >= 0.3 is 0 Å². The smallest absolute Gasteiger partial charge is 0.243 e. The third-order valence-corrected chi connectivity index (χ3v) is 4.74. The molecule has 1 amide bonds. The predicted octanol–water partition coefficient (Wildman–Crippen LogP) is 3.80. The van der Waals surface area contributed by atoms with Gasteiger partial charge in [0.25, 0.3) is 0 Å². The average molecular weight is 312 g/mol. The van der Waals surface area contributed by atoms with E-state index in [0.29, 0.717) is 12.6 Å². The van der Waals surface area contributed by atoms with E-state index in [1.807, 2.05) is 36.6 Å². The number of anilines is 2. The molecule has 1 heterocycles. The SMILES string of the molecule is CSc1cccc(NC(=O)CN2c3ccccc3C[C@H]2C)c1. The van der Waals surface area contributed by atoms with Crippen molar-refractivity contribution in [2.45, 2.75) is 24.3 Å². The van der Waals surface area contributed by atoms with Crippen LogP contribution in [0.25, 0.3) is 0 Å². The molecule has 0 saturated heterocycles. The minimum absolute atomic E-state index is 0.0295. The molecule has 1 aliphatic heterocycles. The molecule has 0 saturated carbocycles. The van der Waals surface area contributed by atoms with Crippen LogP contribution in [-0.4, -0.2) is 24.7 Å². The van der Waals surface area contributed by atoms with Gasteiger partial charge in [-0.1, -0.05) is 24.3 Å². The summed E-state index contributed by atoms with van der Waals surface area (Å²) in [7, 11) is 0. The topological polar surface area (TPSA) is 32.3 Å². The fourth-order valence-corrected chi connectivity index (χ4v) is 3.39. The molecule has 0 unspecified atom stereocenters. The summed E-state index contributed by atoms with van der Waals surface area (Å²) < 4.78 is 0. The third-order valence-electron chi connectivity index (χ3n) is 4.02. The molecule has 22 heavy (non-hydrogen) atoms. The van der Waals surface area contributed by atoms with Crippen LogP contribution in [-0.2, 0) is 11.2 Å². The van der Waals surface area contributed by atoms with Gasteiger partial charge in [0.1, 0.15) is 0 Å². The van der Waals surface area contributed by atoms with Crippen molar-refractivity contribution in [3.8, 4) is 0 Å². The second kappa shape index (κ2) is 6.44. The molecule has 0 aromatic heterocycles. The van der Waals surface area contributed by atoms with Crippen molar-refractivity contribution >= 4 is 29.0 Å². The number of benzene rings is 2. The lowest BCUT2D eigenvalue weighted by molar-refractivity contribution is -0.115. The zero-order valence-electron chi connectivity index (χ0n) is 12.9. The van der Waals surface area contributed by atoms with Crippen LogP contribution in [0.3, 0.4) is 0 Å². The Morgan fingerprint density at radius 1 is 1.27 bits per heavy atom. The molecule has 4 heteroatoms. The van der Waals surface area contributed by atoms with E-state index in [1.165, 1.54) is 11.3 Å². The number of carbonyl (C=O) groups is 1. The van der Waals surface area contributed by atoms with Gasteiger partial charge < -0.3 is 10.2 Å². The highest BCUT2D eigenvalue weighted by Gasteiger charge is 2.26. The minimum Gasteiger partial charge on any atom is -0.359 e. The van der Waals surface area contributed by atoms with E-state index in [0.717, 1.165) is 17.0 Å². The first kappa shape index (κ1) is 15.0. The number of hydrogen-bond acceptors (Lipinski definition) is 3. The Bertz CT molecular complexity index is 686. The fraction of sp³-hybridized carbons (Fsp3) is 0.278. The standard InChI is InChI=1S/C18H20N2OS/c1-13-10-14-6-3-4-9-17(14)20(13)12-18(21)19-15-7-5-8-16(11-15)22-2/h3-9,11,13H,10,12H2,1-2H3,(H,19,21)/t13-/m1/s1. The Morgan fingerprint density at radius 3 is 2.91 bits per heavy atom. The number of amides is 1. The van der Waals surface area contributed by atoms with Crippen LogP contribution in [0.2, 0.25) is 0 Å². The van der Waals surface area contributed by atoms with E-state index < -0.39 is 0 Å². The largest absolute Gasteiger partial charge is 0.359 e. The second-order valence-electron chi connectivity index (χ2n) is 5.59. The highest BCUT2D eigenvalue weighted by atomic mass is 32.2. The van der Waals surface area contributed by atoms with Crippen molar-refractivity contribution in [1.82, 2.24) is 0 Å². The highest BCUT2D eigenvalue weighted by molar-refractivity contribution is 7.98. The lowest BCUT2D eigenvalue weighted by Crippen LogP contribution is -2.37. The van der Waals surface area contributed by atoms with Crippen LogP contribution in [0, 0.1) is 0 Å². The number of nitrogens with zero attached hydrogens (tertiary/aromatic N) is 1. The van der Waals surface area contributed by atoms with Crippen molar-refractivity contribution in [2.75, 3.05) is 23.0 Å². The first-order chi connectivity index (χ1) is 10.7. The molecule has 1 atom stereocenters. The Kier molecular flexibility index (Phi) is 4.39. The van der Waals surface area contributed by atoms with Crippen molar-refractivity contribution < 1.29 is 4.79 Å². The molecule has 3 rings (SSSR count). The van der Waals surface area contributed by atoms with Gasteiger partial charge in [0.15, 0.2) is 0 Å². The number of thioether (sulfide) groups is 1. The molecule has 0 spiro atoms. The zero-order chi connectivity index (χ0) is 15.5. The summed E-state index contributed by atoms with van der Waals surface area (Å²) in [6.07, 6.45) is 3.04. The van der Waals surface area contributed by atoms with Crippen LogP contribution in [0.5, 0.6) is 0 Å². The number of hydrogen-bond donors (Lipinski definition) is 1. The van der Waals surface area contributed by atoms with Crippen LogP contribution in [0.15, 0.2) is 53.4 Å². The van der Waals surface area contributed by atoms with E-state index in [4.69, 9.17) is 0 Å². The molecule has 2 aromatic rings. The molecule has 3 nitrogen and oxygen atoms in total. The number of carbonyl (C=O) groups excluding carboxylic acids is 1. The number of fused-ring (bicyclic) bond motifs is 1. The van der Waals surface area contributed by atoms with Crippen LogP contribution < -0.4 is 10.2 Å². The van der Waals surface area contributed by atoms with E-state index in [2.05, 4.69) is 35.3 Å². The van der Waals surface area contributed by atoms with Crippen molar-refractivity contribution in [2.24, 2.45) is 0 Å². The Labute approximate surface area is 135 Å². The van der Waals surface area contributed by atoms with E-state index in [9.17, 15) is 4.79 Å². The molecule has 0 bridgehead atoms. The molecule has 0 aliphatic carbocycles. The van der Waals surface area contributed by atoms with Gasteiger partial charge in [-0.15, -0.1) is 11.8 Å². The second-order valence-corrected chi connectivity index (χ2v) is 6.47. The van der Waals surface area contributed by atoms with Crippen LogP contribution in [0.4, 0.5) is 11.4 Å². The number of nitrogens with one attached hydrogen (secondary N) is 1. The molecule has 1 N–H and O–H groups in total. The summed E-state index contributed by atoms with van der Waals surface area (Å²) in [4.78, 5) is 15.7. The first-order valence-electron chi connectivity index (χ1n) is 7.46. The van der Waals surface area contributed by atoms with Crippen molar-refractivity contribution in [3.63, 3.8) is 0 Å². The van der Waals surface area contributed by atoms with E-state index in [1.54, 1.807) is 11.8 Å². The predicted molar refractivity (Wildman–Crippen MR) is 93.8 cm³/mol. The summed E-state index contributed by atoms with van der Waals surface area (Å²) in [5.41, 5.74) is 3.37. The summed E-state index contributed by atoms with van der Waals surface area (Å²) >= 11 is 1.67. The molecule has 2 aromatic carbocycles. The van der Waals surface area contributed by atoms with Gasteiger partial charge in [0, 0.05) is 22.3 Å². The molecular formula is C18H20N2OS. The summed E-state index contributed by atoms with van der Waals surface area (Å²) in [5.74, 6) is 0.0295. The van der Waals surface area contributed by atoms with Crippen molar-refractivity contribution in [3.05, 3.63) is 54.1 Å². The Hall–Kier alpha value is -1.94. The van der Waals surface area contributed by atoms with Crippen LogP contribution in [0.1, 0.15) is 12.5 Å². The lowest BCUT2D eigenvalue weighted by atomic mass is 10.1. The average Bonchev–Trinajstić information content (AvgIpc) is 2.83. The maximum Gasteiger partial charge on any atom is 0.243 e. The number of rotatable bonds is 4. The monoisotopic (exact) mass is 312 g/mol. The maximum atomic E-state index is 12.4. The van der Waals surface area contributed by atoms with Gasteiger partial charge in [-0.25, -0.2) is 0 Å². The van der Waals surface area contributed by atoms with Gasteiger partial charge in [0.05, 0.1) is 6.54 Å². The summed E-state index contributed by atoms with van der Waals surface area (Å²) in [6.45, 7) is 2.56. The van der Waals surface area contributed by atoms with Gasteiger partial charge in [0.2, 0.25) is 5.91 Å². The van der Waals surface area contributed by atoms with E-state index >= 15 is 0 Å². The first-order valence-corrected chi connectivity index (χ1v) is 8.68. The molecule has 114 valence electrons. The number of para-hydroxylation sites is 1. The quantitative estimate of drug-likeness (QED) is 0.872. The van der Waals surface area contributed by atoms with Crippen LogP contribution >= 0.6 is 11.8 Å². The van der Waals surface area contributed by atoms with Gasteiger partial charge in [-0.05, 0) is 49.4 Å². The molecule has 1 aliphatic rings. The summed E-state index contributed by atoms with van der Waals surface area (Å²) in [6, 6.07) is 16.6. The third kappa shape index (κ3) is 3.12. The Morgan fingerprint density at radius 2 is 2.09 bits per heavy atom. The van der Waals surface area contributed by atoms with E-state index in [-0.39, 0.29) is 5.91 Å². The van der Waals surface area contributed by atoms with Gasteiger partial charge in [-0.3, -0.25) is 4.79 Å². The lowest BCUT2D eigenvalue weighted by Gasteiger charge is -2.24. The molecular weight excluding hydrogens is 292 g/mol. The normalized spacial score (nSPS) is 16.5. The maximum absolute atomic E-state index is 12.4. The molecule has 0 radical (unpaired) electrons.